The first-order chi connectivity index (χ1) is 38.2. The van der Waals surface area contributed by atoms with Gasteiger partial charge in [0, 0.05) is 0 Å². The number of benzene rings is 12. The molecule has 0 radical (unpaired) electrons. The van der Waals surface area contributed by atoms with Gasteiger partial charge in [-0.1, -0.05) is 328 Å². The Labute approximate surface area is 454 Å². The lowest BCUT2D eigenvalue weighted by molar-refractivity contribution is 1.50. The number of hydrogen-bond donors (Lipinski definition) is 0. The summed E-state index contributed by atoms with van der Waals surface area (Å²) in [7, 11) is -2.89. The molecule has 0 saturated heterocycles. The van der Waals surface area contributed by atoms with E-state index in [1.165, 1.54) is 121 Å². The molecule has 0 bridgehead atoms. The molecule has 0 nitrogen and oxygen atoms in total. The Balaban J connectivity index is 0.944. The predicted octanol–water partition coefficient (Wildman–Crippen LogP) is 16.4. The van der Waals surface area contributed by atoms with Crippen molar-refractivity contribution in [1.29, 1.82) is 0 Å². The Morgan fingerprint density at radius 2 is 0.390 bits per heavy atom. The molecule has 0 amide bonds. The van der Waals surface area contributed by atoms with Crippen molar-refractivity contribution >= 4 is 51.1 Å². The number of hydrogen-bond acceptors (Lipinski definition) is 0. The first kappa shape index (κ1) is 47.1. The predicted molar refractivity (Wildman–Crippen MR) is 329 cm³/mol. The lowest BCUT2D eigenvalue weighted by atomic mass is 9.85. The third-order valence-electron chi connectivity index (χ3n) is 15.4. The van der Waals surface area contributed by atoms with Crippen LogP contribution < -0.4 is 20.7 Å². The van der Waals surface area contributed by atoms with Crippen molar-refractivity contribution in [3.63, 3.8) is 0 Å². The van der Waals surface area contributed by atoms with Crippen LogP contribution in [0.4, 0.5) is 0 Å². The van der Waals surface area contributed by atoms with Crippen LogP contribution in [0.15, 0.2) is 328 Å². The maximum absolute atomic E-state index is 2.89. The topological polar surface area (TPSA) is 0 Å². The van der Waals surface area contributed by atoms with E-state index >= 15 is 0 Å². The van der Waals surface area contributed by atoms with Gasteiger partial charge in [-0.05, 0) is 121 Å². The summed E-state index contributed by atoms with van der Waals surface area (Å²) >= 11 is 0. The first-order valence-corrected chi connectivity index (χ1v) is 28.7. The third-order valence-corrected chi connectivity index (χ3v) is 20.3. The lowest BCUT2D eigenvalue weighted by Gasteiger charge is -2.32. The van der Waals surface area contributed by atoms with Crippen molar-refractivity contribution in [3.05, 3.63) is 372 Å². The monoisotopic (exact) mass is 994 g/mol. The standard InChI is InChI=1S/C76H54Si/c1-9-25-57(26-10-1)73(58-27-11-2-12-28-58)75(61-33-17-5-18-34-61)63-45-41-55(42-46-63)65-49-51-69-70-52-50-66(54-72(70)77(71(69)53-65,67-37-21-7-22-38-67)68-39-23-8-24-40-68)56-43-47-64(48-44-56)76(62-35-19-6-20-36-62)74(59-29-13-3-14-30-59)60-31-15-4-16-32-60/h1-54H. The van der Waals surface area contributed by atoms with Gasteiger partial charge in [-0.25, -0.2) is 0 Å². The number of fused-ring (bicyclic) bond motifs is 3. The molecule has 1 heterocycles. The van der Waals surface area contributed by atoms with Gasteiger partial charge in [0.2, 0.25) is 0 Å². The minimum atomic E-state index is -2.89. The minimum absolute atomic E-state index is 1.18. The van der Waals surface area contributed by atoms with Crippen LogP contribution in [0.25, 0.3) is 55.7 Å². The molecule has 0 saturated carbocycles. The second-order valence-electron chi connectivity index (χ2n) is 19.9. The number of rotatable bonds is 12. The Bertz CT molecular complexity index is 3680. The van der Waals surface area contributed by atoms with Crippen LogP contribution in [0.5, 0.6) is 0 Å². The van der Waals surface area contributed by atoms with Crippen LogP contribution in [0.2, 0.25) is 0 Å². The Morgan fingerprint density at radius 1 is 0.182 bits per heavy atom. The van der Waals surface area contributed by atoms with Gasteiger partial charge in [-0.3, -0.25) is 0 Å². The first-order valence-electron chi connectivity index (χ1n) is 26.7. The zero-order chi connectivity index (χ0) is 51.4. The van der Waals surface area contributed by atoms with Gasteiger partial charge in [0.1, 0.15) is 0 Å². The van der Waals surface area contributed by atoms with Gasteiger partial charge < -0.3 is 0 Å². The zero-order valence-electron chi connectivity index (χ0n) is 42.7. The molecule has 1 aliphatic rings. The SMILES string of the molecule is c1ccc(C(=C(c2ccccc2)c2ccc(-c3ccc4c(c3)[Si](c3ccccc3)(c3ccccc3)c3cc(-c5ccc(C(=C(c6ccccc6)c6ccccc6)c6ccccc6)cc5)ccc3-4)cc2)c2ccccc2)cc1. The minimum Gasteiger partial charge on any atom is -0.0623 e. The summed E-state index contributed by atoms with van der Waals surface area (Å²) < 4.78 is 0. The summed E-state index contributed by atoms with van der Waals surface area (Å²) in [5, 5.41) is 5.60. The van der Waals surface area contributed by atoms with Crippen molar-refractivity contribution in [3.8, 4) is 33.4 Å². The average Bonchev–Trinajstić information content (AvgIpc) is 3.85. The van der Waals surface area contributed by atoms with Crippen LogP contribution in [-0.2, 0) is 0 Å². The lowest BCUT2D eigenvalue weighted by Crippen LogP contribution is -2.72. The van der Waals surface area contributed by atoms with E-state index in [2.05, 4.69) is 328 Å². The summed E-state index contributed by atoms with van der Waals surface area (Å²) in [5.41, 5.74) is 21.8. The summed E-state index contributed by atoms with van der Waals surface area (Å²) in [5.74, 6) is 0. The van der Waals surface area contributed by atoms with E-state index in [0.29, 0.717) is 0 Å². The maximum atomic E-state index is 2.53. The van der Waals surface area contributed by atoms with E-state index in [0.717, 1.165) is 0 Å². The van der Waals surface area contributed by atoms with E-state index < -0.39 is 8.07 Å². The van der Waals surface area contributed by atoms with Crippen molar-refractivity contribution in [2.24, 2.45) is 0 Å². The highest BCUT2D eigenvalue weighted by Gasteiger charge is 2.49. The fourth-order valence-electron chi connectivity index (χ4n) is 12.0. The van der Waals surface area contributed by atoms with Crippen molar-refractivity contribution < 1.29 is 0 Å². The smallest absolute Gasteiger partial charge is 0.0623 e. The second kappa shape index (κ2) is 20.9. The molecule has 1 heteroatoms. The van der Waals surface area contributed by atoms with E-state index in [4.69, 9.17) is 0 Å². The summed E-state index contributed by atoms with van der Waals surface area (Å²) in [6.45, 7) is 0. The van der Waals surface area contributed by atoms with E-state index in [1.54, 1.807) is 0 Å². The van der Waals surface area contributed by atoms with Gasteiger partial charge >= 0.3 is 0 Å². The fourth-order valence-corrected chi connectivity index (χ4v) is 17.2. The highest BCUT2D eigenvalue weighted by molar-refractivity contribution is 7.22. The zero-order valence-corrected chi connectivity index (χ0v) is 43.7. The molecule has 362 valence electrons. The molecular formula is C76H54Si. The maximum Gasteiger partial charge on any atom is 0.180 e. The second-order valence-corrected chi connectivity index (χ2v) is 23.6. The van der Waals surface area contributed by atoms with Crippen molar-refractivity contribution in [2.45, 2.75) is 0 Å². The Morgan fingerprint density at radius 3 is 0.636 bits per heavy atom. The molecule has 0 spiro atoms. The van der Waals surface area contributed by atoms with Crippen molar-refractivity contribution in [2.75, 3.05) is 0 Å². The van der Waals surface area contributed by atoms with Gasteiger partial charge in [0.15, 0.2) is 8.07 Å². The Kier molecular flexibility index (Phi) is 12.8. The molecule has 0 fully saturated rings. The third kappa shape index (κ3) is 8.83. The molecule has 0 unspecified atom stereocenters. The van der Waals surface area contributed by atoms with Crippen LogP contribution >= 0.6 is 0 Å². The molecule has 0 atom stereocenters. The van der Waals surface area contributed by atoms with Gasteiger partial charge in [-0.15, -0.1) is 0 Å². The molecule has 12 aromatic carbocycles. The largest absolute Gasteiger partial charge is 0.180 e. The molecule has 1 aliphatic heterocycles. The van der Waals surface area contributed by atoms with E-state index in [-0.39, 0.29) is 0 Å². The molecule has 0 aromatic heterocycles. The highest BCUT2D eigenvalue weighted by atomic mass is 28.3. The summed E-state index contributed by atoms with van der Waals surface area (Å²) in [4.78, 5) is 0. The fraction of sp³-hybridized carbons (Fsp3) is 0. The summed E-state index contributed by atoms with van der Waals surface area (Å²) in [6, 6.07) is 121. The Hall–Kier alpha value is -9.66. The van der Waals surface area contributed by atoms with E-state index in [1.807, 2.05) is 0 Å². The van der Waals surface area contributed by atoms with Crippen LogP contribution in [-0.4, -0.2) is 8.07 Å². The molecule has 13 rings (SSSR count). The van der Waals surface area contributed by atoms with Crippen LogP contribution in [0.3, 0.4) is 0 Å². The van der Waals surface area contributed by atoms with Gasteiger partial charge in [0.05, 0.1) is 0 Å². The molecule has 77 heavy (non-hydrogen) atoms. The summed E-state index contributed by atoms with van der Waals surface area (Å²) in [6.07, 6.45) is 0. The van der Waals surface area contributed by atoms with Gasteiger partial charge in [0.25, 0.3) is 0 Å². The molecule has 0 N–H and O–H groups in total. The molecule has 0 aliphatic carbocycles. The molecular weight excluding hydrogens is 941 g/mol. The van der Waals surface area contributed by atoms with Gasteiger partial charge in [-0.2, -0.15) is 0 Å². The average molecular weight is 995 g/mol. The highest BCUT2D eigenvalue weighted by Crippen LogP contribution is 2.41. The van der Waals surface area contributed by atoms with Crippen LogP contribution in [0.1, 0.15) is 44.5 Å². The van der Waals surface area contributed by atoms with Crippen molar-refractivity contribution in [1.82, 2.24) is 0 Å². The quantitative estimate of drug-likeness (QED) is 0.0845. The van der Waals surface area contributed by atoms with E-state index in [9.17, 15) is 0 Å². The van der Waals surface area contributed by atoms with Crippen LogP contribution in [0, 0.1) is 0 Å². The molecule has 12 aromatic rings. The normalized spacial score (nSPS) is 12.0.